The highest BCUT2D eigenvalue weighted by atomic mass is 79.9. The van der Waals surface area contributed by atoms with Crippen LogP contribution in [-0.4, -0.2) is 34.1 Å². The Labute approximate surface area is 249 Å². The molecule has 0 bridgehead atoms. The van der Waals surface area contributed by atoms with Crippen molar-refractivity contribution in [2.45, 2.75) is 16.1 Å². The maximum absolute atomic E-state index is 13.9. The molecule has 1 aliphatic rings. The number of hydrogen-bond acceptors (Lipinski definition) is 9. The Balaban J connectivity index is 1.36. The summed E-state index contributed by atoms with van der Waals surface area (Å²) in [6, 6.07) is 19.1. The molecule has 1 amide bonds. The predicted octanol–water partition coefficient (Wildman–Crippen LogP) is 7.27. The number of aliphatic hydroxyl groups excluding tert-OH is 1. The van der Waals surface area contributed by atoms with Gasteiger partial charge in [0.25, 0.3) is 5.91 Å². The number of methoxy groups -OCH3 is 1. The molecule has 3 aromatic carbocycles. The van der Waals surface area contributed by atoms with Crippen molar-refractivity contribution in [3.8, 4) is 5.75 Å². The number of furan rings is 1. The van der Waals surface area contributed by atoms with Crippen molar-refractivity contribution in [1.29, 1.82) is 0 Å². The van der Waals surface area contributed by atoms with E-state index in [1.165, 1.54) is 35.9 Å². The number of nitrogens with zero attached hydrogens (tertiary/aromatic N) is 3. The summed E-state index contributed by atoms with van der Waals surface area (Å²) < 4.78 is 25.8. The molecule has 0 aliphatic carbocycles. The van der Waals surface area contributed by atoms with Gasteiger partial charge in [-0.3, -0.25) is 14.5 Å². The molecular weight excluding hydrogens is 633 g/mol. The summed E-state index contributed by atoms with van der Waals surface area (Å²) in [7, 11) is 1.50. The molecule has 0 spiro atoms. The van der Waals surface area contributed by atoms with Gasteiger partial charge in [-0.1, -0.05) is 75.4 Å². The molecule has 0 saturated carbocycles. The van der Waals surface area contributed by atoms with E-state index in [0.717, 1.165) is 21.4 Å². The fourth-order valence-electron chi connectivity index (χ4n) is 4.52. The topological polar surface area (TPSA) is 106 Å². The summed E-state index contributed by atoms with van der Waals surface area (Å²) >= 11 is 5.95. The smallest absolute Gasteiger partial charge is 0.296 e. The third kappa shape index (κ3) is 5.14. The van der Waals surface area contributed by atoms with E-state index in [9.17, 15) is 19.1 Å². The molecule has 1 N–H and O–H groups in total. The highest BCUT2D eigenvalue weighted by Gasteiger charge is 2.46. The van der Waals surface area contributed by atoms with Gasteiger partial charge in [0.05, 0.1) is 18.7 Å². The molecule has 12 heteroatoms. The summed E-state index contributed by atoms with van der Waals surface area (Å²) in [5.41, 5.74) is 1.73. The first-order chi connectivity index (χ1) is 19.8. The number of benzene rings is 3. The Bertz CT molecular complexity index is 1820. The summed E-state index contributed by atoms with van der Waals surface area (Å²) in [5.74, 6) is -1.50. The van der Waals surface area contributed by atoms with Crippen LogP contribution in [0.5, 0.6) is 5.75 Å². The lowest BCUT2D eigenvalue weighted by atomic mass is 9.95. The van der Waals surface area contributed by atoms with Crippen LogP contribution in [0.2, 0.25) is 0 Å². The molecule has 5 aromatic rings. The predicted molar refractivity (Wildman–Crippen MR) is 157 cm³/mol. The van der Waals surface area contributed by atoms with Crippen molar-refractivity contribution >= 4 is 66.8 Å². The minimum atomic E-state index is -0.985. The van der Waals surface area contributed by atoms with E-state index in [1.54, 1.807) is 60.7 Å². The molecule has 0 saturated heterocycles. The summed E-state index contributed by atoms with van der Waals surface area (Å²) in [6.07, 6.45) is 0. The van der Waals surface area contributed by atoms with Crippen LogP contribution in [0.15, 0.2) is 97.4 Å². The first-order valence-electron chi connectivity index (χ1n) is 12.2. The number of hydrogen-bond donors (Lipinski definition) is 1. The van der Waals surface area contributed by atoms with Gasteiger partial charge in [0.1, 0.15) is 5.82 Å². The number of para-hydroxylation sites is 1. The first-order valence-corrected chi connectivity index (χ1v) is 14.8. The molecule has 1 unspecified atom stereocenters. The van der Waals surface area contributed by atoms with E-state index in [2.05, 4.69) is 26.1 Å². The second-order valence-electron chi connectivity index (χ2n) is 8.98. The highest BCUT2D eigenvalue weighted by Crippen LogP contribution is 2.44. The molecule has 8 nitrogen and oxygen atoms in total. The monoisotopic (exact) mass is 651 g/mol. The van der Waals surface area contributed by atoms with Crippen molar-refractivity contribution < 1.29 is 28.2 Å². The lowest BCUT2D eigenvalue weighted by Crippen LogP contribution is -2.31. The van der Waals surface area contributed by atoms with Crippen LogP contribution in [0.3, 0.4) is 0 Å². The summed E-state index contributed by atoms with van der Waals surface area (Å²) in [4.78, 5) is 28.7. The lowest BCUT2D eigenvalue weighted by Gasteiger charge is -2.23. The molecule has 0 fully saturated rings. The third-order valence-corrected chi connectivity index (χ3v) is 9.12. The van der Waals surface area contributed by atoms with Gasteiger partial charge >= 0.3 is 0 Å². The van der Waals surface area contributed by atoms with Crippen molar-refractivity contribution in [3.63, 3.8) is 0 Å². The zero-order valence-corrected chi connectivity index (χ0v) is 24.4. The zero-order chi connectivity index (χ0) is 28.7. The lowest BCUT2D eigenvalue weighted by molar-refractivity contribution is -0.117. The van der Waals surface area contributed by atoms with Crippen LogP contribution < -0.4 is 9.64 Å². The van der Waals surface area contributed by atoms with E-state index in [-0.39, 0.29) is 22.3 Å². The van der Waals surface area contributed by atoms with Crippen molar-refractivity contribution in [3.05, 3.63) is 111 Å². The zero-order valence-electron chi connectivity index (χ0n) is 21.2. The number of anilines is 1. The number of amides is 1. The van der Waals surface area contributed by atoms with Crippen molar-refractivity contribution in [1.82, 2.24) is 10.2 Å². The number of carbonyl (C=O) groups excluding carboxylic acids is 2. The number of ketones is 1. The van der Waals surface area contributed by atoms with Crippen LogP contribution in [0, 0.1) is 5.82 Å². The number of rotatable bonds is 8. The number of Topliss-reactive ketones (excluding diaryl/α,β-unsaturated/α-hetero) is 1. The summed E-state index contributed by atoms with van der Waals surface area (Å²) in [6.45, 7) is 0. The van der Waals surface area contributed by atoms with Gasteiger partial charge in [-0.05, 0) is 47.5 Å². The second-order valence-corrected chi connectivity index (χ2v) is 12.1. The van der Waals surface area contributed by atoms with Gasteiger partial charge in [0.2, 0.25) is 10.9 Å². The van der Waals surface area contributed by atoms with Crippen LogP contribution >= 0.6 is 39.0 Å². The van der Waals surface area contributed by atoms with E-state index in [4.69, 9.17) is 9.15 Å². The molecule has 0 radical (unpaired) electrons. The summed E-state index contributed by atoms with van der Waals surface area (Å²) in [5, 5.41) is 20.4. The van der Waals surface area contributed by atoms with E-state index >= 15 is 0 Å². The molecule has 206 valence electrons. The average molecular weight is 653 g/mol. The Morgan fingerprint density at radius 2 is 1.90 bits per heavy atom. The van der Waals surface area contributed by atoms with Crippen LogP contribution in [-0.2, 0) is 10.5 Å². The fraction of sp³-hybridized carbons (Fsp3) is 0.103. The van der Waals surface area contributed by atoms with Crippen LogP contribution in [0.4, 0.5) is 9.52 Å². The van der Waals surface area contributed by atoms with Crippen molar-refractivity contribution in [2.75, 3.05) is 12.0 Å². The van der Waals surface area contributed by atoms with Crippen LogP contribution in [0.1, 0.15) is 27.7 Å². The van der Waals surface area contributed by atoms with Gasteiger partial charge in [0.15, 0.2) is 27.2 Å². The normalized spacial score (nSPS) is 15.2. The van der Waals surface area contributed by atoms with Gasteiger partial charge in [-0.2, -0.15) is 0 Å². The fourth-order valence-corrected chi connectivity index (χ4v) is 6.61. The number of halogens is 2. The SMILES string of the molecule is COc1cccc2cc(C(=O)C3=C(O)C(=O)N(c4nnc(SCc5ccc(F)cc5)s4)C3c3ccc(Br)cc3)oc12. The first kappa shape index (κ1) is 27.2. The maximum atomic E-state index is 13.9. The molecule has 2 aromatic heterocycles. The van der Waals surface area contributed by atoms with Gasteiger partial charge in [-0.25, -0.2) is 4.39 Å². The Morgan fingerprint density at radius 3 is 2.63 bits per heavy atom. The third-order valence-electron chi connectivity index (χ3n) is 6.47. The largest absolute Gasteiger partial charge is 0.503 e. The number of carbonyl (C=O) groups is 2. The van der Waals surface area contributed by atoms with Gasteiger partial charge in [0, 0.05) is 15.6 Å². The van der Waals surface area contributed by atoms with Gasteiger partial charge in [-0.15, -0.1) is 10.2 Å². The number of fused-ring (bicyclic) bond motifs is 1. The molecule has 1 atom stereocenters. The standard InChI is InChI=1S/C29H19BrFN3O5S2/c1-38-20-4-2-3-17-13-21(39-26(17)20)24(35)22-23(16-7-9-18(30)10-8-16)34(27(37)25(22)36)28-32-33-29(41-28)40-14-15-5-11-19(31)12-6-15/h2-13,23,36H,14H2,1H3. The van der Waals surface area contributed by atoms with E-state index < -0.39 is 23.5 Å². The second kappa shape index (κ2) is 11.1. The highest BCUT2D eigenvalue weighted by molar-refractivity contribution is 9.10. The Morgan fingerprint density at radius 1 is 1.15 bits per heavy atom. The number of ether oxygens (including phenoxy) is 1. The Kier molecular flexibility index (Phi) is 7.37. The number of aliphatic hydroxyl groups is 1. The molecule has 41 heavy (non-hydrogen) atoms. The van der Waals surface area contributed by atoms with E-state index in [0.29, 0.717) is 32.4 Å². The molecule has 6 rings (SSSR count). The molecule has 1 aliphatic heterocycles. The van der Waals surface area contributed by atoms with Crippen molar-refractivity contribution in [2.24, 2.45) is 0 Å². The molecule has 3 heterocycles. The number of aromatic nitrogens is 2. The number of thioether (sulfide) groups is 1. The minimum Gasteiger partial charge on any atom is -0.503 e. The van der Waals surface area contributed by atoms with Gasteiger partial charge < -0.3 is 14.3 Å². The maximum Gasteiger partial charge on any atom is 0.296 e. The average Bonchev–Trinajstić information content (AvgIpc) is 3.69. The molecular formula is C29H19BrFN3O5S2. The Hall–Kier alpha value is -4.00. The van der Waals surface area contributed by atoms with E-state index in [1.807, 2.05) is 0 Å². The van der Waals surface area contributed by atoms with Crippen LogP contribution in [0.25, 0.3) is 11.0 Å². The minimum absolute atomic E-state index is 0.0457. The quantitative estimate of drug-likeness (QED) is 0.106.